The topological polar surface area (TPSA) is 27.1 Å². The lowest BCUT2D eigenvalue weighted by molar-refractivity contribution is 0.00653. The van der Waals surface area contributed by atoms with Crippen LogP contribution >= 0.6 is 23.2 Å². The number of imidazole rings is 1. The Labute approximate surface area is 133 Å². The number of hydrogen-bond acceptors (Lipinski definition) is 2. The van der Waals surface area contributed by atoms with Gasteiger partial charge in [0.05, 0.1) is 28.2 Å². The Balaban J connectivity index is 2.08. The standard InChI is InChI=1S/C15H17Cl2FN2O/c1-15(4-2-6-21-15)9-20-13-7-10(17)11(18)8-12(13)19-14(20)3-5-16/h7-8H,2-6,9H2,1H3. The minimum absolute atomic E-state index is 0.110. The first-order valence-electron chi connectivity index (χ1n) is 7.06. The minimum Gasteiger partial charge on any atom is -0.373 e. The Morgan fingerprint density at radius 2 is 2.29 bits per heavy atom. The van der Waals surface area contributed by atoms with Crippen LogP contribution in [0.4, 0.5) is 4.39 Å². The summed E-state index contributed by atoms with van der Waals surface area (Å²) in [7, 11) is 0. The van der Waals surface area contributed by atoms with Crippen LogP contribution < -0.4 is 0 Å². The monoisotopic (exact) mass is 330 g/mol. The molecule has 2 aromatic rings. The molecule has 0 spiro atoms. The van der Waals surface area contributed by atoms with Crippen molar-refractivity contribution in [2.45, 2.75) is 38.3 Å². The molecule has 2 heterocycles. The highest BCUT2D eigenvalue weighted by molar-refractivity contribution is 6.31. The molecule has 1 atom stereocenters. The van der Waals surface area contributed by atoms with Crippen LogP contribution in [0.2, 0.25) is 5.02 Å². The summed E-state index contributed by atoms with van der Waals surface area (Å²) in [5.74, 6) is 0.866. The van der Waals surface area contributed by atoms with E-state index in [1.165, 1.54) is 6.07 Å². The molecular formula is C15H17Cl2FN2O. The lowest BCUT2D eigenvalue weighted by Crippen LogP contribution is -2.30. The van der Waals surface area contributed by atoms with Gasteiger partial charge in [-0.05, 0) is 25.8 Å². The van der Waals surface area contributed by atoms with E-state index in [1.54, 1.807) is 6.07 Å². The summed E-state index contributed by atoms with van der Waals surface area (Å²) < 4.78 is 21.5. The summed E-state index contributed by atoms with van der Waals surface area (Å²) in [4.78, 5) is 4.50. The SMILES string of the molecule is CC1(Cn2c(CCCl)nc3cc(F)c(Cl)cc32)CCCO1. The smallest absolute Gasteiger partial charge is 0.144 e. The zero-order valence-electron chi connectivity index (χ0n) is 11.8. The third-order valence-electron chi connectivity index (χ3n) is 3.98. The van der Waals surface area contributed by atoms with Gasteiger partial charge < -0.3 is 9.30 Å². The number of ether oxygens (including phenoxy) is 1. The molecule has 1 aromatic carbocycles. The van der Waals surface area contributed by atoms with E-state index in [0.717, 1.165) is 30.8 Å². The van der Waals surface area contributed by atoms with Gasteiger partial charge >= 0.3 is 0 Å². The van der Waals surface area contributed by atoms with Gasteiger partial charge in [-0.3, -0.25) is 0 Å². The van der Waals surface area contributed by atoms with Gasteiger partial charge in [0, 0.05) is 25.0 Å². The van der Waals surface area contributed by atoms with Gasteiger partial charge in [0.1, 0.15) is 11.6 Å². The van der Waals surface area contributed by atoms with Crippen LogP contribution in [-0.4, -0.2) is 27.6 Å². The van der Waals surface area contributed by atoms with Crippen LogP contribution in [0.3, 0.4) is 0 Å². The fourth-order valence-corrected chi connectivity index (χ4v) is 3.24. The first kappa shape index (κ1) is 15.1. The average Bonchev–Trinajstić information content (AvgIpc) is 2.98. The molecule has 1 saturated heterocycles. The molecule has 1 aliphatic rings. The van der Waals surface area contributed by atoms with Crippen LogP contribution in [0.15, 0.2) is 12.1 Å². The number of halogens is 3. The number of nitrogens with zero attached hydrogens (tertiary/aromatic N) is 2. The number of aryl methyl sites for hydroxylation is 1. The Bertz CT molecular complexity index is 665. The van der Waals surface area contributed by atoms with Crippen molar-refractivity contribution in [2.24, 2.45) is 0 Å². The number of rotatable bonds is 4. The molecule has 0 N–H and O–H groups in total. The van der Waals surface area contributed by atoms with E-state index in [-0.39, 0.29) is 10.6 Å². The third kappa shape index (κ3) is 2.89. The lowest BCUT2D eigenvalue weighted by Gasteiger charge is -2.25. The molecule has 3 rings (SSSR count). The third-order valence-corrected chi connectivity index (χ3v) is 4.46. The van der Waals surface area contributed by atoms with E-state index in [0.29, 0.717) is 24.4 Å². The zero-order chi connectivity index (χ0) is 15.0. The number of benzene rings is 1. The lowest BCUT2D eigenvalue weighted by atomic mass is 10.0. The van der Waals surface area contributed by atoms with Crippen molar-refractivity contribution in [1.29, 1.82) is 0 Å². The van der Waals surface area contributed by atoms with Crippen molar-refractivity contribution in [3.05, 3.63) is 28.8 Å². The normalized spacial score (nSPS) is 22.3. The van der Waals surface area contributed by atoms with E-state index in [1.807, 2.05) is 0 Å². The minimum atomic E-state index is -0.449. The predicted molar refractivity (Wildman–Crippen MR) is 82.7 cm³/mol. The summed E-state index contributed by atoms with van der Waals surface area (Å²) in [6, 6.07) is 3.01. The zero-order valence-corrected chi connectivity index (χ0v) is 13.3. The first-order valence-corrected chi connectivity index (χ1v) is 7.98. The van der Waals surface area contributed by atoms with E-state index in [2.05, 4.69) is 16.5 Å². The molecule has 0 aliphatic carbocycles. The second-order valence-corrected chi connectivity index (χ2v) is 6.50. The fourth-order valence-electron chi connectivity index (χ4n) is 2.92. The van der Waals surface area contributed by atoms with E-state index >= 15 is 0 Å². The van der Waals surface area contributed by atoms with E-state index in [4.69, 9.17) is 27.9 Å². The molecule has 1 unspecified atom stereocenters. The highest BCUT2D eigenvalue weighted by atomic mass is 35.5. The number of fused-ring (bicyclic) bond motifs is 1. The quantitative estimate of drug-likeness (QED) is 0.786. The second kappa shape index (κ2) is 5.75. The number of hydrogen-bond donors (Lipinski definition) is 0. The summed E-state index contributed by atoms with van der Waals surface area (Å²) in [5, 5.41) is 0.110. The van der Waals surface area contributed by atoms with Crippen LogP contribution in [0.5, 0.6) is 0 Å². The Morgan fingerprint density at radius 1 is 1.48 bits per heavy atom. The van der Waals surface area contributed by atoms with Crippen LogP contribution in [-0.2, 0) is 17.7 Å². The van der Waals surface area contributed by atoms with Crippen molar-refractivity contribution < 1.29 is 9.13 Å². The maximum Gasteiger partial charge on any atom is 0.144 e. The first-order chi connectivity index (χ1) is 10.0. The van der Waals surface area contributed by atoms with Crippen molar-refractivity contribution in [2.75, 3.05) is 12.5 Å². The maximum absolute atomic E-state index is 13.6. The number of aromatic nitrogens is 2. The van der Waals surface area contributed by atoms with Crippen molar-refractivity contribution >= 4 is 34.2 Å². The maximum atomic E-state index is 13.6. The van der Waals surface area contributed by atoms with Gasteiger partial charge in [-0.1, -0.05) is 11.6 Å². The molecule has 6 heteroatoms. The van der Waals surface area contributed by atoms with Gasteiger partial charge in [0.15, 0.2) is 0 Å². The van der Waals surface area contributed by atoms with Crippen molar-refractivity contribution in [1.82, 2.24) is 9.55 Å². The van der Waals surface area contributed by atoms with E-state index in [9.17, 15) is 4.39 Å². The van der Waals surface area contributed by atoms with Crippen LogP contribution in [0.25, 0.3) is 11.0 Å². The van der Waals surface area contributed by atoms with Gasteiger partial charge in [-0.25, -0.2) is 9.37 Å². The molecule has 114 valence electrons. The molecule has 0 bridgehead atoms. The summed E-state index contributed by atoms with van der Waals surface area (Å²) >= 11 is 11.8. The largest absolute Gasteiger partial charge is 0.373 e. The molecular weight excluding hydrogens is 314 g/mol. The van der Waals surface area contributed by atoms with Gasteiger partial charge in [0.2, 0.25) is 0 Å². The Hall–Kier alpha value is -0.840. The molecule has 1 aliphatic heterocycles. The van der Waals surface area contributed by atoms with Crippen LogP contribution in [0, 0.1) is 5.82 Å². The fraction of sp³-hybridized carbons (Fsp3) is 0.533. The molecule has 1 aromatic heterocycles. The highest BCUT2D eigenvalue weighted by Crippen LogP contribution is 2.31. The Kier molecular flexibility index (Phi) is 4.12. The Morgan fingerprint density at radius 3 is 2.95 bits per heavy atom. The molecule has 21 heavy (non-hydrogen) atoms. The van der Waals surface area contributed by atoms with Crippen molar-refractivity contribution in [3.8, 4) is 0 Å². The summed E-state index contributed by atoms with van der Waals surface area (Å²) in [6.45, 7) is 3.56. The van der Waals surface area contributed by atoms with E-state index < -0.39 is 5.82 Å². The summed E-state index contributed by atoms with van der Waals surface area (Å²) in [6.07, 6.45) is 2.69. The van der Waals surface area contributed by atoms with Gasteiger partial charge in [-0.2, -0.15) is 0 Å². The van der Waals surface area contributed by atoms with Crippen molar-refractivity contribution in [3.63, 3.8) is 0 Å². The molecule has 0 radical (unpaired) electrons. The predicted octanol–water partition coefficient (Wildman–Crippen LogP) is 4.18. The highest BCUT2D eigenvalue weighted by Gasteiger charge is 2.31. The molecule has 3 nitrogen and oxygen atoms in total. The second-order valence-electron chi connectivity index (χ2n) is 5.71. The van der Waals surface area contributed by atoms with Gasteiger partial charge in [-0.15, -0.1) is 11.6 Å². The molecule has 1 fully saturated rings. The average molecular weight is 331 g/mol. The summed E-state index contributed by atoms with van der Waals surface area (Å²) in [5.41, 5.74) is 1.23. The van der Waals surface area contributed by atoms with Gasteiger partial charge in [0.25, 0.3) is 0 Å². The molecule has 0 amide bonds. The molecule has 0 saturated carbocycles. The van der Waals surface area contributed by atoms with Crippen LogP contribution in [0.1, 0.15) is 25.6 Å². The number of alkyl halides is 1.